The molecular weight excluding hydrogens is 362 g/mol. The molecule has 0 radical (unpaired) electrons. The van der Waals surface area contributed by atoms with E-state index >= 15 is 0 Å². The van der Waals surface area contributed by atoms with Crippen LogP contribution in [0.15, 0.2) is 24.3 Å². The maximum absolute atomic E-state index is 11.5. The molecule has 0 bridgehead atoms. The average Bonchev–Trinajstić information content (AvgIpc) is 2.69. The van der Waals surface area contributed by atoms with Gasteiger partial charge in [-0.1, -0.05) is 6.92 Å². The molecule has 1 saturated heterocycles. The summed E-state index contributed by atoms with van der Waals surface area (Å²) in [6, 6.07) is 7.30. The van der Waals surface area contributed by atoms with Crippen LogP contribution in [0.5, 0.6) is 5.75 Å². The maximum Gasteiger partial charge on any atom is 0.353 e. The molecule has 28 heavy (non-hydrogen) atoms. The molecule has 3 rings (SSSR count). The number of piperazine rings is 1. The van der Waals surface area contributed by atoms with Gasteiger partial charge in [0.1, 0.15) is 5.75 Å². The van der Waals surface area contributed by atoms with E-state index in [-0.39, 0.29) is 23.3 Å². The largest absolute Gasteiger partial charge is 0.494 e. The Kier molecular flexibility index (Phi) is 6.09. The number of hydrogen-bond donors (Lipinski definition) is 2. The number of benzene rings is 1. The zero-order chi connectivity index (χ0) is 20.1. The van der Waals surface area contributed by atoms with Crippen LogP contribution in [0.3, 0.4) is 0 Å². The molecule has 0 amide bonds. The van der Waals surface area contributed by atoms with Gasteiger partial charge in [0.15, 0.2) is 0 Å². The van der Waals surface area contributed by atoms with Crippen LogP contribution >= 0.6 is 0 Å². The standard InChI is InChI=1S/C18H25N7O3/c1-3-23-9-11-24(12-10-23)17-15(25(26)27)16(19)21-18(22-17)20-13-5-7-14(8-6-13)28-4-2/h5-8H,3-4,9-12H2,1-2H3,(H3,19,20,21,22). The van der Waals surface area contributed by atoms with Crippen molar-refractivity contribution >= 4 is 29.0 Å². The normalized spacial score (nSPS) is 14.7. The summed E-state index contributed by atoms with van der Waals surface area (Å²) in [5.41, 5.74) is 6.40. The molecule has 2 aromatic rings. The Morgan fingerprint density at radius 3 is 2.43 bits per heavy atom. The van der Waals surface area contributed by atoms with Gasteiger partial charge in [-0.25, -0.2) is 0 Å². The van der Waals surface area contributed by atoms with Crippen LogP contribution in [-0.4, -0.2) is 59.1 Å². The predicted molar refractivity (Wildman–Crippen MR) is 108 cm³/mol. The summed E-state index contributed by atoms with van der Waals surface area (Å²) in [6.07, 6.45) is 0. The number of nitrogen functional groups attached to an aromatic ring is 1. The van der Waals surface area contributed by atoms with Crippen LogP contribution < -0.4 is 20.7 Å². The summed E-state index contributed by atoms with van der Waals surface area (Å²) in [7, 11) is 0. The lowest BCUT2D eigenvalue weighted by Crippen LogP contribution is -2.46. The van der Waals surface area contributed by atoms with Gasteiger partial charge >= 0.3 is 5.69 Å². The van der Waals surface area contributed by atoms with Crippen molar-refractivity contribution in [3.05, 3.63) is 34.4 Å². The minimum Gasteiger partial charge on any atom is -0.494 e. The molecule has 0 spiro atoms. The molecule has 150 valence electrons. The van der Waals surface area contributed by atoms with E-state index in [9.17, 15) is 10.1 Å². The van der Waals surface area contributed by atoms with Crippen LogP contribution in [0.4, 0.5) is 29.0 Å². The fourth-order valence-corrected chi connectivity index (χ4v) is 3.12. The number of nitrogens with one attached hydrogen (secondary N) is 1. The quantitative estimate of drug-likeness (QED) is 0.544. The van der Waals surface area contributed by atoms with Crippen LogP contribution in [0.1, 0.15) is 13.8 Å². The SMILES string of the molecule is CCOc1ccc(Nc2nc(N)c([N+](=O)[O-])c(N3CCN(CC)CC3)n2)cc1. The number of ether oxygens (including phenoxy) is 1. The molecule has 3 N–H and O–H groups in total. The molecule has 10 heteroatoms. The van der Waals surface area contributed by atoms with Gasteiger partial charge < -0.3 is 25.6 Å². The lowest BCUT2D eigenvalue weighted by molar-refractivity contribution is -0.383. The van der Waals surface area contributed by atoms with E-state index in [1.54, 1.807) is 0 Å². The highest BCUT2D eigenvalue weighted by atomic mass is 16.6. The Balaban J connectivity index is 1.86. The fourth-order valence-electron chi connectivity index (χ4n) is 3.12. The first kappa shape index (κ1) is 19.6. The molecule has 1 aromatic carbocycles. The van der Waals surface area contributed by atoms with E-state index in [1.165, 1.54) is 0 Å². The third-order valence-electron chi connectivity index (χ3n) is 4.62. The van der Waals surface area contributed by atoms with Gasteiger partial charge in [0, 0.05) is 31.9 Å². The van der Waals surface area contributed by atoms with Gasteiger partial charge in [0.25, 0.3) is 0 Å². The average molecular weight is 387 g/mol. The molecule has 1 fully saturated rings. The number of hydrogen-bond acceptors (Lipinski definition) is 9. The van der Waals surface area contributed by atoms with E-state index in [1.807, 2.05) is 36.1 Å². The van der Waals surface area contributed by atoms with Crippen LogP contribution in [0.2, 0.25) is 0 Å². The van der Waals surface area contributed by atoms with Gasteiger partial charge in [-0.15, -0.1) is 0 Å². The first-order chi connectivity index (χ1) is 13.5. The number of nitrogens with zero attached hydrogens (tertiary/aromatic N) is 5. The van der Waals surface area contributed by atoms with Gasteiger partial charge in [-0.3, -0.25) is 10.1 Å². The molecule has 0 atom stereocenters. The van der Waals surface area contributed by atoms with Crippen LogP contribution in [-0.2, 0) is 0 Å². The molecule has 1 aromatic heterocycles. The van der Waals surface area contributed by atoms with Gasteiger partial charge in [0.05, 0.1) is 11.5 Å². The zero-order valence-corrected chi connectivity index (χ0v) is 16.1. The van der Waals surface area contributed by atoms with Crippen molar-refractivity contribution in [2.24, 2.45) is 0 Å². The molecule has 10 nitrogen and oxygen atoms in total. The van der Waals surface area contributed by atoms with Crippen molar-refractivity contribution in [2.75, 3.05) is 55.3 Å². The summed E-state index contributed by atoms with van der Waals surface area (Å²) >= 11 is 0. The van der Waals surface area contributed by atoms with Crippen LogP contribution in [0.25, 0.3) is 0 Å². The van der Waals surface area contributed by atoms with Crippen LogP contribution in [0, 0.1) is 10.1 Å². The third kappa shape index (κ3) is 4.39. The molecular formula is C18H25N7O3. The van der Waals surface area contributed by atoms with E-state index in [0.717, 1.165) is 31.1 Å². The molecule has 0 saturated carbocycles. The van der Waals surface area contributed by atoms with Crippen molar-refractivity contribution in [1.82, 2.24) is 14.9 Å². The Morgan fingerprint density at radius 1 is 1.18 bits per heavy atom. The Hall–Kier alpha value is -3.14. The predicted octanol–water partition coefficient (Wildman–Crippen LogP) is 2.25. The van der Waals surface area contributed by atoms with E-state index in [4.69, 9.17) is 10.5 Å². The second kappa shape index (κ2) is 8.70. The zero-order valence-electron chi connectivity index (χ0n) is 16.1. The summed E-state index contributed by atoms with van der Waals surface area (Å²) in [5, 5.41) is 14.6. The highest BCUT2D eigenvalue weighted by Crippen LogP contribution is 2.33. The Bertz CT molecular complexity index is 821. The number of nitrogens with two attached hydrogens (primary N) is 1. The van der Waals surface area contributed by atoms with Crippen molar-refractivity contribution in [2.45, 2.75) is 13.8 Å². The Labute approximate surface area is 163 Å². The molecule has 1 aliphatic rings. The first-order valence-electron chi connectivity index (χ1n) is 9.30. The van der Waals surface area contributed by atoms with Crippen molar-refractivity contribution in [1.29, 1.82) is 0 Å². The molecule has 2 heterocycles. The van der Waals surface area contributed by atoms with E-state index in [2.05, 4.69) is 27.1 Å². The number of aromatic nitrogens is 2. The van der Waals surface area contributed by atoms with Gasteiger partial charge in [0.2, 0.25) is 17.6 Å². The van der Waals surface area contributed by atoms with Crippen molar-refractivity contribution < 1.29 is 9.66 Å². The third-order valence-corrected chi connectivity index (χ3v) is 4.62. The lowest BCUT2D eigenvalue weighted by atomic mass is 10.3. The monoisotopic (exact) mass is 387 g/mol. The van der Waals surface area contributed by atoms with Gasteiger partial charge in [-0.05, 0) is 37.7 Å². The second-order valence-corrected chi connectivity index (χ2v) is 6.37. The lowest BCUT2D eigenvalue weighted by Gasteiger charge is -2.34. The number of nitro groups is 1. The highest BCUT2D eigenvalue weighted by molar-refractivity contribution is 5.72. The van der Waals surface area contributed by atoms with Crippen molar-refractivity contribution in [3.63, 3.8) is 0 Å². The van der Waals surface area contributed by atoms with Gasteiger partial charge in [-0.2, -0.15) is 9.97 Å². The molecule has 0 aliphatic carbocycles. The number of likely N-dealkylation sites (N-methyl/N-ethyl adjacent to an activating group) is 1. The minimum atomic E-state index is -0.516. The minimum absolute atomic E-state index is 0.152. The summed E-state index contributed by atoms with van der Waals surface area (Å²) in [5.74, 6) is 1.08. The fraction of sp³-hybridized carbons (Fsp3) is 0.444. The maximum atomic E-state index is 11.5. The summed E-state index contributed by atoms with van der Waals surface area (Å²) < 4.78 is 5.42. The second-order valence-electron chi connectivity index (χ2n) is 6.37. The smallest absolute Gasteiger partial charge is 0.353 e. The van der Waals surface area contributed by atoms with E-state index < -0.39 is 4.92 Å². The number of rotatable bonds is 7. The molecule has 1 aliphatic heterocycles. The summed E-state index contributed by atoms with van der Waals surface area (Å²) in [6.45, 7) is 8.48. The highest BCUT2D eigenvalue weighted by Gasteiger charge is 2.29. The Morgan fingerprint density at radius 2 is 1.86 bits per heavy atom. The van der Waals surface area contributed by atoms with E-state index in [0.29, 0.717) is 19.7 Å². The number of anilines is 4. The topological polar surface area (TPSA) is 123 Å². The molecule has 0 unspecified atom stereocenters. The summed E-state index contributed by atoms with van der Waals surface area (Å²) in [4.78, 5) is 23.7. The van der Waals surface area contributed by atoms with Crippen molar-refractivity contribution in [3.8, 4) is 5.75 Å². The first-order valence-corrected chi connectivity index (χ1v) is 9.30.